The van der Waals surface area contributed by atoms with E-state index in [2.05, 4.69) is 46.8 Å². The fraction of sp³-hybridized carbons (Fsp3) is 0.471. The summed E-state index contributed by atoms with van der Waals surface area (Å²) in [7, 11) is 0. The maximum absolute atomic E-state index is 11.1. The summed E-state index contributed by atoms with van der Waals surface area (Å²) in [5.41, 5.74) is 3.66. The molecule has 2 nitrogen and oxygen atoms in total. The molecule has 0 aliphatic heterocycles. The Hall–Kier alpha value is -1.57. The highest BCUT2D eigenvalue weighted by Crippen LogP contribution is 2.28. The topological polar surface area (TPSA) is 26.3 Å². The van der Waals surface area contributed by atoms with Crippen LogP contribution in [-0.2, 0) is 16.6 Å². The minimum Gasteiger partial charge on any atom is -0.426 e. The Morgan fingerprint density at radius 2 is 1.84 bits per heavy atom. The van der Waals surface area contributed by atoms with Gasteiger partial charge in [0, 0.05) is 6.92 Å². The molecular formula is C17H24O2. The zero-order chi connectivity index (χ0) is 14.6. The maximum atomic E-state index is 11.1. The summed E-state index contributed by atoms with van der Waals surface area (Å²) in [5.74, 6) is 0.389. The molecule has 1 aromatic carbocycles. The van der Waals surface area contributed by atoms with Crippen molar-refractivity contribution in [2.75, 3.05) is 0 Å². The standard InChI is InChI=1S/C17H24O2/c1-12(2)7-8-14-11-15(17(4,5)6)9-10-16(14)19-13(3)18/h7,9-11H,8H2,1-6H3. The first kappa shape index (κ1) is 15.5. The van der Waals surface area contributed by atoms with Crippen LogP contribution < -0.4 is 4.74 Å². The number of ether oxygens (including phenoxy) is 1. The Bertz CT molecular complexity index is 486. The van der Waals surface area contributed by atoms with E-state index in [4.69, 9.17) is 4.74 Å². The highest BCUT2D eigenvalue weighted by Gasteiger charge is 2.16. The van der Waals surface area contributed by atoms with Crippen molar-refractivity contribution in [2.45, 2.75) is 53.4 Å². The molecule has 0 aliphatic carbocycles. The second-order valence-electron chi connectivity index (χ2n) is 6.15. The summed E-state index contributed by atoms with van der Waals surface area (Å²) in [4.78, 5) is 11.1. The van der Waals surface area contributed by atoms with Gasteiger partial charge in [0.05, 0.1) is 0 Å². The Balaban J connectivity index is 3.18. The van der Waals surface area contributed by atoms with Crippen LogP contribution in [0.1, 0.15) is 52.7 Å². The second kappa shape index (κ2) is 6.05. The van der Waals surface area contributed by atoms with Gasteiger partial charge in [0.15, 0.2) is 0 Å². The van der Waals surface area contributed by atoms with E-state index in [1.54, 1.807) is 0 Å². The first-order valence-corrected chi connectivity index (χ1v) is 6.65. The number of esters is 1. The molecule has 0 saturated heterocycles. The molecule has 0 N–H and O–H groups in total. The first-order valence-electron chi connectivity index (χ1n) is 6.65. The Kier molecular flexibility index (Phi) is 4.93. The summed E-state index contributed by atoms with van der Waals surface area (Å²) in [6.07, 6.45) is 2.93. The van der Waals surface area contributed by atoms with E-state index >= 15 is 0 Å². The third-order valence-electron chi connectivity index (χ3n) is 2.91. The molecular weight excluding hydrogens is 236 g/mol. The Labute approximate surface area is 116 Å². The van der Waals surface area contributed by atoms with Gasteiger partial charge >= 0.3 is 5.97 Å². The summed E-state index contributed by atoms with van der Waals surface area (Å²) >= 11 is 0. The molecule has 0 fully saturated rings. The summed E-state index contributed by atoms with van der Waals surface area (Å²) in [5, 5.41) is 0. The molecule has 0 aromatic heterocycles. The summed E-state index contributed by atoms with van der Waals surface area (Å²) in [6.45, 7) is 12.1. The van der Waals surface area contributed by atoms with Crippen molar-refractivity contribution >= 4 is 5.97 Å². The number of carbonyl (C=O) groups is 1. The van der Waals surface area contributed by atoms with Crippen molar-refractivity contribution in [3.05, 3.63) is 41.0 Å². The molecule has 0 spiro atoms. The summed E-state index contributed by atoms with van der Waals surface area (Å²) in [6, 6.07) is 6.07. The van der Waals surface area contributed by atoms with Gasteiger partial charge in [-0.05, 0) is 42.9 Å². The zero-order valence-corrected chi connectivity index (χ0v) is 12.8. The number of hydrogen-bond acceptors (Lipinski definition) is 2. The van der Waals surface area contributed by atoms with E-state index in [1.807, 2.05) is 12.1 Å². The van der Waals surface area contributed by atoms with Gasteiger partial charge in [-0.3, -0.25) is 4.79 Å². The molecule has 19 heavy (non-hydrogen) atoms. The predicted octanol–water partition coefficient (Wildman–Crippen LogP) is 4.42. The van der Waals surface area contributed by atoms with Gasteiger partial charge < -0.3 is 4.74 Å². The average Bonchev–Trinajstić information content (AvgIpc) is 2.25. The van der Waals surface area contributed by atoms with Crippen LogP contribution in [-0.4, -0.2) is 5.97 Å². The van der Waals surface area contributed by atoms with E-state index in [0.717, 1.165) is 12.0 Å². The van der Waals surface area contributed by atoms with Crippen LogP contribution in [0.5, 0.6) is 5.75 Å². The van der Waals surface area contributed by atoms with Gasteiger partial charge in [-0.25, -0.2) is 0 Å². The number of benzene rings is 1. The Morgan fingerprint density at radius 1 is 1.21 bits per heavy atom. The van der Waals surface area contributed by atoms with Crippen LogP contribution in [0, 0.1) is 0 Å². The van der Waals surface area contributed by atoms with E-state index in [1.165, 1.54) is 18.1 Å². The van der Waals surface area contributed by atoms with Crippen LogP contribution in [0.25, 0.3) is 0 Å². The molecule has 0 heterocycles. The van der Waals surface area contributed by atoms with Crippen LogP contribution in [0.2, 0.25) is 0 Å². The lowest BCUT2D eigenvalue weighted by atomic mass is 9.85. The maximum Gasteiger partial charge on any atom is 0.308 e. The van der Waals surface area contributed by atoms with Gasteiger partial charge in [0.25, 0.3) is 0 Å². The number of carbonyl (C=O) groups excluding carboxylic acids is 1. The zero-order valence-electron chi connectivity index (χ0n) is 12.8. The van der Waals surface area contributed by atoms with Gasteiger partial charge in [-0.1, -0.05) is 44.6 Å². The molecule has 0 amide bonds. The Morgan fingerprint density at radius 3 is 2.32 bits per heavy atom. The van der Waals surface area contributed by atoms with Crippen LogP contribution in [0.15, 0.2) is 29.8 Å². The van der Waals surface area contributed by atoms with E-state index in [9.17, 15) is 4.79 Å². The van der Waals surface area contributed by atoms with Gasteiger partial charge in [-0.2, -0.15) is 0 Å². The lowest BCUT2D eigenvalue weighted by Crippen LogP contribution is -2.12. The minimum atomic E-state index is -0.276. The molecule has 104 valence electrons. The quantitative estimate of drug-likeness (QED) is 0.457. The van der Waals surface area contributed by atoms with Crippen molar-refractivity contribution in [3.8, 4) is 5.75 Å². The third-order valence-corrected chi connectivity index (χ3v) is 2.91. The molecule has 2 heteroatoms. The molecule has 0 saturated carbocycles. The largest absolute Gasteiger partial charge is 0.426 e. The van der Waals surface area contributed by atoms with Gasteiger partial charge in [0.1, 0.15) is 5.75 Å². The first-order chi connectivity index (χ1) is 8.70. The molecule has 0 aliphatic rings. The molecule has 0 bridgehead atoms. The normalized spacial score (nSPS) is 11.1. The summed E-state index contributed by atoms with van der Waals surface area (Å²) < 4.78 is 5.28. The molecule has 0 unspecified atom stereocenters. The number of rotatable bonds is 3. The fourth-order valence-electron chi connectivity index (χ4n) is 1.77. The van der Waals surface area contributed by atoms with E-state index in [0.29, 0.717) is 5.75 Å². The fourth-order valence-corrected chi connectivity index (χ4v) is 1.77. The van der Waals surface area contributed by atoms with Crippen molar-refractivity contribution < 1.29 is 9.53 Å². The predicted molar refractivity (Wildman–Crippen MR) is 79.6 cm³/mol. The van der Waals surface area contributed by atoms with E-state index in [-0.39, 0.29) is 11.4 Å². The average molecular weight is 260 g/mol. The van der Waals surface area contributed by atoms with E-state index < -0.39 is 0 Å². The molecule has 0 atom stereocenters. The van der Waals surface area contributed by atoms with Crippen molar-refractivity contribution in [1.82, 2.24) is 0 Å². The number of hydrogen-bond donors (Lipinski definition) is 0. The highest BCUT2D eigenvalue weighted by molar-refractivity contribution is 5.70. The van der Waals surface area contributed by atoms with Crippen LogP contribution in [0.4, 0.5) is 0 Å². The van der Waals surface area contributed by atoms with Crippen molar-refractivity contribution in [1.29, 1.82) is 0 Å². The van der Waals surface area contributed by atoms with Crippen LogP contribution in [0.3, 0.4) is 0 Å². The molecule has 1 rings (SSSR count). The van der Waals surface area contributed by atoms with Gasteiger partial charge in [0.2, 0.25) is 0 Å². The van der Waals surface area contributed by atoms with Gasteiger partial charge in [-0.15, -0.1) is 0 Å². The second-order valence-corrected chi connectivity index (χ2v) is 6.15. The molecule has 0 radical (unpaired) electrons. The number of allylic oxidation sites excluding steroid dienone is 2. The SMILES string of the molecule is CC(=O)Oc1ccc(C(C)(C)C)cc1CC=C(C)C. The smallest absolute Gasteiger partial charge is 0.308 e. The monoisotopic (exact) mass is 260 g/mol. The van der Waals surface area contributed by atoms with Crippen molar-refractivity contribution in [3.63, 3.8) is 0 Å². The van der Waals surface area contributed by atoms with Crippen LogP contribution >= 0.6 is 0 Å². The highest BCUT2D eigenvalue weighted by atomic mass is 16.5. The minimum absolute atomic E-state index is 0.0917. The molecule has 1 aromatic rings. The van der Waals surface area contributed by atoms with Crippen molar-refractivity contribution in [2.24, 2.45) is 0 Å². The lowest BCUT2D eigenvalue weighted by molar-refractivity contribution is -0.131. The lowest BCUT2D eigenvalue weighted by Gasteiger charge is -2.21. The third kappa shape index (κ3) is 4.90.